The first kappa shape index (κ1) is 15.7. The average molecular weight is 359 g/mol. The van der Waals surface area contributed by atoms with Gasteiger partial charge in [-0.05, 0) is 46.7 Å². The molecule has 0 aromatic heterocycles. The van der Waals surface area contributed by atoms with Crippen LogP contribution in [0.5, 0.6) is 0 Å². The van der Waals surface area contributed by atoms with Gasteiger partial charge in [-0.25, -0.2) is 4.79 Å². The van der Waals surface area contributed by atoms with Crippen LogP contribution in [0.15, 0.2) is 54.6 Å². The molecule has 1 unspecified atom stereocenters. The third-order valence-corrected chi connectivity index (χ3v) is 5.00. The Morgan fingerprint density at radius 2 is 1.56 bits per heavy atom. The Morgan fingerprint density at radius 3 is 2.26 bits per heavy atom. The van der Waals surface area contributed by atoms with Crippen molar-refractivity contribution in [3.05, 3.63) is 82.4 Å². The van der Waals surface area contributed by atoms with Crippen LogP contribution in [0.4, 0.5) is 0 Å². The van der Waals surface area contributed by atoms with Gasteiger partial charge in [-0.3, -0.25) is 14.5 Å². The summed E-state index contributed by atoms with van der Waals surface area (Å²) >= 11 is 0. The van der Waals surface area contributed by atoms with Crippen LogP contribution >= 0.6 is 0 Å². The highest BCUT2D eigenvalue weighted by Gasteiger charge is 2.35. The molecule has 0 saturated carbocycles. The van der Waals surface area contributed by atoms with Crippen molar-refractivity contribution in [1.29, 1.82) is 0 Å². The van der Waals surface area contributed by atoms with Crippen molar-refractivity contribution in [2.75, 3.05) is 0 Å². The minimum Gasteiger partial charge on any atom is -0.428 e. The lowest BCUT2D eigenvalue weighted by molar-refractivity contribution is -0.0547. The number of aliphatic hydroxyl groups is 1. The average Bonchev–Trinajstić information content (AvgIpc) is 3.08. The molecule has 3 aromatic carbocycles. The van der Waals surface area contributed by atoms with Gasteiger partial charge in [0.1, 0.15) is 0 Å². The minimum atomic E-state index is -1.24. The van der Waals surface area contributed by atoms with Crippen molar-refractivity contribution in [2.24, 2.45) is 0 Å². The Labute approximate surface area is 153 Å². The molecule has 0 spiro atoms. The summed E-state index contributed by atoms with van der Waals surface area (Å²) in [7, 11) is 0. The maximum absolute atomic E-state index is 12.5. The van der Waals surface area contributed by atoms with E-state index in [2.05, 4.69) is 0 Å². The molecule has 2 heterocycles. The highest BCUT2D eigenvalue weighted by Crippen LogP contribution is 2.33. The van der Waals surface area contributed by atoms with E-state index in [-0.39, 0.29) is 18.4 Å². The molecule has 0 fully saturated rings. The van der Waals surface area contributed by atoms with Crippen LogP contribution in [-0.4, -0.2) is 27.8 Å². The molecule has 1 N–H and O–H groups in total. The van der Waals surface area contributed by atoms with E-state index < -0.39 is 12.3 Å². The summed E-state index contributed by atoms with van der Waals surface area (Å²) < 4.78 is 4.82. The van der Waals surface area contributed by atoms with Gasteiger partial charge in [-0.1, -0.05) is 24.3 Å². The molecule has 5 rings (SSSR count). The molecule has 27 heavy (non-hydrogen) atoms. The molecule has 2 amide bonds. The van der Waals surface area contributed by atoms with Gasteiger partial charge in [0, 0.05) is 5.56 Å². The first-order chi connectivity index (χ1) is 13.0. The molecule has 1 atom stereocenters. The highest BCUT2D eigenvalue weighted by atomic mass is 16.6. The second-order valence-electron chi connectivity index (χ2n) is 6.62. The molecule has 0 saturated heterocycles. The molecular weight excluding hydrogens is 346 g/mol. The molecule has 2 aliphatic heterocycles. The first-order valence-corrected chi connectivity index (χ1v) is 8.44. The molecule has 2 aliphatic rings. The van der Waals surface area contributed by atoms with Gasteiger partial charge in [-0.15, -0.1) is 0 Å². The lowest BCUT2D eigenvalue weighted by Crippen LogP contribution is -2.29. The molecular formula is C21H13NO5. The summed E-state index contributed by atoms with van der Waals surface area (Å²) in [4.78, 5) is 38.1. The van der Waals surface area contributed by atoms with Gasteiger partial charge in [0.15, 0.2) is 0 Å². The number of carbonyl (C=O) groups excluding carboxylic acids is 3. The normalized spacial score (nSPS) is 18.0. The van der Waals surface area contributed by atoms with Gasteiger partial charge in [-0.2, -0.15) is 0 Å². The number of aliphatic hydroxyl groups excluding tert-OH is 1. The van der Waals surface area contributed by atoms with E-state index in [0.717, 1.165) is 16.3 Å². The fourth-order valence-corrected chi connectivity index (χ4v) is 3.64. The van der Waals surface area contributed by atoms with Crippen molar-refractivity contribution in [2.45, 2.75) is 12.8 Å². The van der Waals surface area contributed by atoms with E-state index in [4.69, 9.17) is 4.74 Å². The van der Waals surface area contributed by atoms with Crippen LogP contribution in [0.2, 0.25) is 0 Å². The Morgan fingerprint density at radius 1 is 0.852 bits per heavy atom. The van der Waals surface area contributed by atoms with Gasteiger partial charge in [0.25, 0.3) is 11.8 Å². The van der Waals surface area contributed by atoms with Gasteiger partial charge in [0.05, 0.1) is 23.2 Å². The Kier molecular flexibility index (Phi) is 3.20. The summed E-state index contributed by atoms with van der Waals surface area (Å²) in [5.74, 6) is -1.18. The van der Waals surface area contributed by atoms with Gasteiger partial charge in [0.2, 0.25) is 6.29 Å². The number of imide groups is 1. The first-order valence-electron chi connectivity index (χ1n) is 8.44. The van der Waals surface area contributed by atoms with Gasteiger partial charge >= 0.3 is 5.97 Å². The fraction of sp³-hybridized carbons (Fsp3) is 0.0952. The van der Waals surface area contributed by atoms with Crippen molar-refractivity contribution in [3.8, 4) is 0 Å². The van der Waals surface area contributed by atoms with E-state index in [1.54, 1.807) is 36.4 Å². The molecule has 6 nitrogen and oxygen atoms in total. The maximum Gasteiger partial charge on any atom is 0.341 e. The van der Waals surface area contributed by atoms with Crippen molar-refractivity contribution in [1.82, 2.24) is 4.90 Å². The van der Waals surface area contributed by atoms with Crippen LogP contribution < -0.4 is 0 Å². The number of carbonyl (C=O) groups is 3. The largest absolute Gasteiger partial charge is 0.428 e. The number of cyclic esters (lactones) is 1. The zero-order valence-electron chi connectivity index (χ0n) is 14.0. The number of rotatable bonds is 2. The third-order valence-electron chi connectivity index (χ3n) is 5.00. The number of hydrogen-bond donors (Lipinski definition) is 1. The van der Waals surface area contributed by atoms with Crippen LogP contribution in [0.25, 0.3) is 10.8 Å². The van der Waals surface area contributed by atoms with Gasteiger partial charge < -0.3 is 9.84 Å². The fourth-order valence-electron chi connectivity index (χ4n) is 3.64. The minimum absolute atomic E-state index is 0.145. The van der Waals surface area contributed by atoms with E-state index in [0.29, 0.717) is 22.3 Å². The third kappa shape index (κ3) is 2.27. The van der Waals surface area contributed by atoms with Crippen LogP contribution in [0.1, 0.15) is 48.5 Å². The summed E-state index contributed by atoms with van der Waals surface area (Å²) in [6.07, 6.45) is -1.24. The molecule has 6 heteroatoms. The monoisotopic (exact) mass is 359 g/mol. The lowest BCUT2D eigenvalue weighted by atomic mass is 10.00. The zero-order chi connectivity index (χ0) is 18.7. The summed E-state index contributed by atoms with van der Waals surface area (Å²) in [5.41, 5.74) is 2.37. The van der Waals surface area contributed by atoms with Crippen LogP contribution in [-0.2, 0) is 11.3 Å². The standard InChI is InChI=1S/C21H13NO5/c23-18-14-3-1-2-4-15(14)19(24)22(18)10-11-5-6-12-8-16-17(9-13(12)7-11)21(26)27-20(16)25/h1-9,20,25H,10H2. The smallest absolute Gasteiger partial charge is 0.341 e. The number of nitrogens with zero attached hydrogens (tertiary/aromatic N) is 1. The quantitative estimate of drug-likeness (QED) is 0.562. The number of hydrogen-bond acceptors (Lipinski definition) is 5. The number of fused-ring (bicyclic) bond motifs is 3. The van der Waals surface area contributed by atoms with E-state index in [1.807, 2.05) is 18.2 Å². The Balaban J connectivity index is 1.51. The lowest BCUT2D eigenvalue weighted by Gasteiger charge is -2.14. The number of esters is 1. The van der Waals surface area contributed by atoms with Crippen molar-refractivity contribution >= 4 is 28.6 Å². The van der Waals surface area contributed by atoms with E-state index >= 15 is 0 Å². The van der Waals surface area contributed by atoms with Crippen LogP contribution in [0.3, 0.4) is 0 Å². The molecule has 0 aliphatic carbocycles. The van der Waals surface area contributed by atoms with E-state index in [9.17, 15) is 19.5 Å². The Hall–Kier alpha value is -3.51. The second-order valence-corrected chi connectivity index (χ2v) is 6.62. The Bertz CT molecular complexity index is 1130. The predicted octanol–water partition coefficient (Wildman–Crippen LogP) is 2.80. The SMILES string of the molecule is O=C1OC(O)c2cc3ccc(CN4C(=O)c5ccccc5C4=O)cc3cc21. The van der Waals surface area contributed by atoms with Crippen molar-refractivity contribution in [3.63, 3.8) is 0 Å². The molecule has 3 aromatic rings. The van der Waals surface area contributed by atoms with E-state index in [1.165, 1.54) is 4.90 Å². The van der Waals surface area contributed by atoms with Crippen molar-refractivity contribution < 1.29 is 24.2 Å². The summed E-state index contributed by atoms with van der Waals surface area (Å²) in [5, 5.41) is 11.4. The number of ether oxygens (including phenoxy) is 1. The maximum atomic E-state index is 12.5. The number of amides is 2. The second kappa shape index (κ2) is 5.49. The summed E-state index contributed by atoms with van der Waals surface area (Å²) in [6.45, 7) is 0.145. The zero-order valence-corrected chi connectivity index (χ0v) is 14.0. The molecule has 0 radical (unpaired) electrons. The molecule has 0 bridgehead atoms. The predicted molar refractivity (Wildman–Crippen MR) is 95.0 cm³/mol. The highest BCUT2D eigenvalue weighted by molar-refractivity contribution is 6.21. The number of benzene rings is 3. The van der Waals surface area contributed by atoms with Crippen LogP contribution in [0, 0.1) is 0 Å². The summed E-state index contributed by atoms with van der Waals surface area (Å²) in [6, 6.07) is 15.6. The molecule has 132 valence electrons. The topological polar surface area (TPSA) is 83.9 Å².